The van der Waals surface area contributed by atoms with Gasteiger partial charge in [0.05, 0.1) is 0 Å². The molecule has 26 heavy (non-hydrogen) atoms. The first-order valence-electron chi connectivity index (χ1n) is 8.66. The molecule has 0 aliphatic carbocycles. The second-order valence-corrected chi connectivity index (χ2v) is 8.02. The van der Waals surface area contributed by atoms with Gasteiger partial charge in [-0.3, -0.25) is 4.79 Å². The predicted molar refractivity (Wildman–Crippen MR) is 99.5 cm³/mol. The minimum Gasteiger partial charge on any atom is -0.451 e. The van der Waals surface area contributed by atoms with Crippen LogP contribution in [-0.2, 0) is 4.74 Å². The van der Waals surface area contributed by atoms with E-state index in [1.807, 2.05) is 20.8 Å². The highest BCUT2D eigenvalue weighted by Crippen LogP contribution is 2.23. The number of hydrogen-bond acceptors (Lipinski definition) is 4. The molecule has 2 amide bonds. The van der Waals surface area contributed by atoms with E-state index in [0.29, 0.717) is 30.2 Å². The van der Waals surface area contributed by atoms with Crippen LogP contribution in [0.2, 0.25) is 5.02 Å². The highest BCUT2D eigenvalue weighted by Gasteiger charge is 2.30. The van der Waals surface area contributed by atoms with Gasteiger partial charge in [-0.2, -0.15) is 0 Å². The van der Waals surface area contributed by atoms with Crippen LogP contribution >= 0.6 is 11.6 Å². The first kappa shape index (κ1) is 18.6. The van der Waals surface area contributed by atoms with Gasteiger partial charge in [0.2, 0.25) is 0 Å². The van der Waals surface area contributed by atoms with E-state index in [1.54, 1.807) is 29.2 Å². The third-order valence-corrected chi connectivity index (χ3v) is 4.43. The smallest absolute Gasteiger partial charge is 0.410 e. The van der Waals surface area contributed by atoms with Crippen LogP contribution in [0.5, 0.6) is 0 Å². The van der Waals surface area contributed by atoms with Gasteiger partial charge in [0.1, 0.15) is 11.2 Å². The van der Waals surface area contributed by atoms with E-state index < -0.39 is 5.60 Å². The second kappa shape index (κ2) is 7.19. The van der Waals surface area contributed by atoms with Gasteiger partial charge < -0.3 is 19.4 Å². The Kier molecular flexibility index (Phi) is 5.14. The Labute approximate surface area is 157 Å². The molecule has 6 nitrogen and oxygen atoms in total. The number of amides is 2. The zero-order chi connectivity index (χ0) is 18.9. The van der Waals surface area contributed by atoms with E-state index in [0.717, 1.165) is 11.8 Å². The van der Waals surface area contributed by atoms with Crippen molar-refractivity contribution in [1.29, 1.82) is 0 Å². The Hall–Kier alpha value is -2.21. The normalized spacial score (nSPS) is 17.5. The Morgan fingerprint density at radius 1 is 1.35 bits per heavy atom. The van der Waals surface area contributed by atoms with Crippen LogP contribution in [0.15, 0.2) is 28.7 Å². The molecule has 0 radical (unpaired) electrons. The SMILES string of the molecule is CC(C)(C)OC(=O)N1CC[C@@H](CNC(=O)c2cc3cc(Cl)ccc3o2)C1. The minimum atomic E-state index is -0.506. The maximum atomic E-state index is 12.3. The third-order valence-electron chi connectivity index (χ3n) is 4.19. The molecule has 7 heteroatoms. The zero-order valence-corrected chi connectivity index (χ0v) is 15.9. The van der Waals surface area contributed by atoms with Crippen molar-refractivity contribution in [3.63, 3.8) is 0 Å². The maximum absolute atomic E-state index is 12.3. The van der Waals surface area contributed by atoms with E-state index in [4.69, 9.17) is 20.8 Å². The number of furan rings is 1. The summed E-state index contributed by atoms with van der Waals surface area (Å²) in [6.45, 7) is 7.23. The number of halogens is 1. The second-order valence-electron chi connectivity index (χ2n) is 7.58. The zero-order valence-electron chi connectivity index (χ0n) is 15.2. The Morgan fingerprint density at radius 2 is 2.12 bits per heavy atom. The highest BCUT2D eigenvalue weighted by atomic mass is 35.5. The Morgan fingerprint density at radius 3 is 2.85 bits per heavy atom. The molecular formula is C19H23ClN2O4. The van der Waals surface area contributed by atoms with Crippen LogP contribution in [0.25, 0.3) is 11.0 Å². The number of benzene rings is 1. The number of carbonyl (C=O) groups is 2. The average Bonchev–Trinajstić information content (AvgIpc) is 3.17. The predicted octanol–water partition coefficient (Wildman–Crippen LogP) is 4.07. The average molecular weight is 379 g/mol. The lowest BCUT2D eigenvalue weighted by Gasteiger charge is -2.24. The number of ether oxygens (including phenoxy) is 1. The van der Waals surface area contributed by atoms with E-state index in [9.17, 15) is 9.59 Å². The van der Waals surface area contributed by atoms with Crippen molar-refractivity contribution in [3.05, 3.63) is 35.0 Å². The molecule has 1 atom stereocenters. The molecule has 0 bridgehead atoms. The number of fused-ring (bicyclic) bond motifs is 1. The number of nitrogens with zero attached hydrogens (tertiary/aromatic N) is 1. The minimum absolute atomic E-state index is 0.199. The lowest BCUT2D eigenvalue weighted by Crippen LogP contribution is -2.36. The molecule has 1 N–H and O–H groups in total. The van der Waals surface area contributed by atoms with Crippen molar-refractivity contribution < 1.29 is 18.7 Å². The summed E-state index contributed by atoms with van der Waals surface area (Å²) >= 11 is 5.95. The van der Waals surface area contributed by atoms with Crippen molar-refractivity contribution in [2.75, 3.05) is 19.6 Å². The van der Waals surface area contributed by atoms with Crippen molar-refractivity contribution in [2.45, 2.75) is 32.8 Å². The third kappa shape index (κ3) is 4.49. The molecule has 0 unspecified atom stereocenters. The summed E-state index contributed by atoms with van der Waals surface area (Å²) in [7, 11) is 0. The fourth-order valence-corrected chi connectivity index (χ4v) is 3.12. The molecular weight excluding hydrogens is 356 g/mol. The Bertz CT molecular complexity index is 825. The van der Waals surface area contributed by atoms with Gasteiger partial charge in [-0.25, -0.2) is 4.79 Å². The summed E-state index contributed by atoms with van der Waals surface area (Å²) < 4.78 is 10.9. The van der Waals surface area contributed by atoms with Gasteiger partial charge in [0.25, 0.3) is 5.91 Å². The molecule has 1 aliphatic heterocycles. The summed E-state index contributed by atoms with van der Waals surface area (Å²) in [6, 6.07) is 6.90. The molecule has 2 heterocycles. The molecule has 1 fully saturated rings. The molecule has 0 saturated carbocycles. The van der Waals surface area contributed by atoms with Crippen LogP contribution in [-0.4, -0.2) is 42.1 Å². The molecule has 0 spiro atoms. The molecule has 140 valence electrons. The lowest BCUT2D eigenvalue weighted by molar-refractivity contribution is 0.0288. The summed E-state index contributed by atoms with van der Waals surface area (Å²) in [5, 5.41) is 4.27. The summed E-state index contributed by atoms with van der Waals surface area (Å²) in [5.74, 6) is 0.183. The van der Waals surface area contributed by atoms with Crippen molar-refractivity contribution in [2.24, 2.45) is 5.92 Å². The Balaban J connectivity index is 1.52. The van der Waals surface area contributed by atoms with Gasteiger partial charge in [0.15, 0.2) is 5.76 Å². The van der Waals surface area contributed by atoms with Crippen LogP contribution < -0.4 is 5.32 Å². The lowest BCUT2D eigenvalue weighted by atomic mass is 10.1. The molecule has 3 rings (SSSR count). The van der Waals surface area contributed by atoms with Crippen molar-refractivity contribution in [3.8, 4) is 0 Å². The first-order valence-corrected chi connectivity index (χ1v) is 9.04. The van der Waals surface area contributed by atoms with Crippen molar-refractivity contribution >= 4 is 34.6 Å². The van der Waals surface area contributed by atoms with E-state index >= 15 is 0 Å². The number of likely N-dealkylation sites (tertiary alicyclic amines) is 1. The van der Waals surface area contributed by atoms with E-state index in [2.05, 4.69) is 5.32 Å². The number of rotatable bonds is 3. The first-order chi connectivity index (χ1) is 12.2. The fraction of sp³-hybridized carbons (Fsp3) is 0.474. The molecule has 1 aromatic carbocycles. The standard InChI is InChI=1S/C19H23ClN2O4/c1-19(2,3)26-18(24)22-7-6-12(11-22)10-21-17(23)16-9-13-8-14(20)4-5-15(13)25-16/h4-5,8-9,12H,6-7,10-11H2,1-3H3,(H,21,23)/t12-/m0/s1. The summed E-state index contributed by atoms with van der Waals surface area (Å²) in [4.78, 5) is 26.1. The van der Waals surface area contributed by atoms with Crippen LogP contribution in [0.3, 0.4) is 0 Å². The van der Waals surface area contributed by atoms with E-state index in [1.165, 1.54) is 0 Å². The van der Waals surface area contributed by atoms with Gasteiger partial charge in [-0.05, 0) is 57.4 Å². The summed E-state index contributed by atoms with van der Waals surface area (Å²) in [5.41, 5.74) is 0.115. The fourth-order valence-electron chi connectivity index (χ4n) is 2.94. The number of hydrogen-bond donors (Lipinski definition) is 1. The van der Waals surface area contributed by atoms with Crippen LogP contribution in [0.1, 0.15) is 37.7 Å². The molecule has 2 aromatic rings. The topological polar surface area (TPSA) is 71.8 Å². The van der Waals surface area contributed by atoms with E-state index in [-0.39, 0.29) is 23.7 Å². The number of carbonyl (C=O) groups excluding carboxylic acids is 2. The van der Waals surface area contributed by atoms with Gasteiger partial charge in [-0.1, -0.05) is 11.6 Å². The summed E-state index contributed by atoms with van der Waals surface area (Å²) in [6.07, 6.45) is 0.524. The molecule has 1 aliphatic rings. The van der Waals surface area contributed by atoms with Crippen molar-refractivity contribution in [1.82, 2.24) is 10.2 Å². The highest BCUT2D eigenvalue weighted by molar-refractivity contribution is 6.31. The van der Waals surface area contributed by atoms with Gasteiger partial charge >= 0.3 is 6.09 Å². The maximum Gasteiger partial charge on any atom is 0.410 e. The molecule has 1 aromatic heterocycles. The van der Waals surface area contributed by atoms with Gasteiger partial charge in [-0.15, -0.1) is 0 Å². The monoisotopic (exact) mass is 378 g/mol. The van der Waals surface area contributed by atoms with Crippen LogP contribution in [0.4, 0.5) is 4.79 Å². The quantitative estimate of drug-likeness (QED) is 0.873. The van der Waals surface area contributed by atoms with Crippen LogP contribution in [0, 0.1) is 5.92 Å². The molecule has 1 saturated heterocycles. The van der Waals surface area contributed by atoms with Gasteiger partial charge in [0, 0.05) is 30.0 Å². The largest absolute Gasteiger partial charge is 0.451 e. The number of nitrogens with one attached hydrogen (secondary N) is 1.